The Kier molecular flexibility index (Phi) is 9.79. The van der Waals surface area contributed by atoms with Crippen LogP contribution < -0.4 is 15.7 Å². The Balaban J connectivity index is 1.29. The second-order valence-corrected chi connectivity index (χ2v) is 9.87. The summed E-state index contributed by atoms with van der Waals surface area (Å²) in [5.74, 6) is -1.29. The molecule has 1 N–H and O–H groups in total. The highest BCUT2D eigenvalue weighted by Gasteiger charge is 2.25. The van der Waals surface area contributed by atoms with Crippen LogP contribution in [0.25, 0.3) is 22.1 Å². The summed E-state index contributed by atoms with van der Waals surface area (Å²) in [4.78, 5) is 50.7. The van der Waals surface area contributed by atoms with E-state index in [1.807, 2.05) is 78.9 Å². The van der Waals surface area contributed by atoms with Crippen molar-refractivity contribution < 1.29 is 33.0 Å². The van der Waals surface area contributed by atoms with Crippen molar-refractivity contribution in [3.8, 4) is 16.9 Å². The van der Waals surface area contributed by atoms with Gasteiger partial charge in [0.15, 0.2) is 0 Å². The second kappa shape index (κ2) is 14.5. The molecule has 0 aliphatic heterocycles. The maximum absolute atomic E-state index is 13.3. The number of fused-ring (bicyclic) bond motifs is 1. The second-order valence-electron chi connectivity index (χ2n) is 9.87. The molecular formula is C35H29NO8. The first-order chi connectivity index (χ1) is 21.4. The van der Waals surface area contributed by atoms with Gasteiger partial charge < -0.3 is 23.9 Å². The molecule has 1 aromatic heterocycles. The monoisotopic (exact) mass is 591 g/mol. The summed E-state index contributed by atoms with van der Waals surface area (Å²) in [7, 11) is 0. The van der Waals surface area contributed by atoms with Gasteiger partial charge in [-0.3, -0.25) is 4.79 Å². The summed E-state index contributed by atoms with van der Waals surface area (Å²) in [5, 5.41) is 3.15. The molecule has 0 radical (unpaired) electrons. The lowest BCUT2D eigenvalue weighted by molar-refractivity contribution is -0.145. The van der Waals surface area contributed by atoms with Gasteiger partial charge in [0.1, 0.15) is 30.6 Å². The van der Waals surface area contributed by atoms with Gasteiger partial charge in [-0.05, 0) is 40.8 Å². The normalized spacial score (nSPS) is 11.4. The first kappa shape index (κ1) is 29.8. The Hall–Kier alpha value is -5.70. The molecule has 4 aromatic carbocycles. The number of nitrogens with one attached hydrogen (secondary N) is 1. The summed E-state index contributed by atoms with van der Waals surface area (Å²) < 4.78 is 21.6. The fraction of sp³-hybridized carbons (Fsp3) is 0.143. The number of benzene rings is 4. The van der Waals surface area contributed by atoms with Crippen molar-refractivity contribution in [3.05, 3.63) is 137 Å². The van der Waals surface area contributed by atoms with E-state index in [1.54, 1.807) is 24.3 Å². The largest absolute Gasteiger partial charge is 0.461 e. The lowest BCUT2D eigenvalue weighted by atomic mass is 10.0. The van der Waals surface area contributed by atoms with Crippen LogP contribution in [-0.4, -0.2) is 24.1 Å². The lowest BCUT2D eigenvalue weighted by Gasteiger charge is -2.17. The zero-order valence-corrected chi connectivity index (χ0v) is 23.6. The van der Waals surface area contributed by atoms with E-state index in [9.17, 15) is 19.2 Å². The number of rotatable bonds is 11. The van der Waals surface area contributed by atoms with Crippen molar-refractivity contribution in [1.29, 1.82) is 0 Å². The molecule has 0 bridgehead atoms. The predicted molar refractivity (Wildman–Crippen MR) is 163 cm³/mol. The Morgan fingerprint density at radius 1 is 0.727 bits per heavy atom. The molecule has 0 saturated carbocycles. The molecule has 1 atom stereocenters. The zero-order valence-electron chi connectivity index (χ0n) is 23.6. The molecule has 44 heavy (non-hydrogen) atoms. The average molecular weight is 592 g/mol. The summed E-state index contributed by atoms with van der Waals surface area (Å²) in [5.41, 5.74) is 2.74. The minimum absolute atomic E-state index is 0.0129. The van der Waals surface area contributed by atoms with E-state index >= 15 is 0 Å². The smallest absolute Gasteiger partial charge is 0.408 e. The Morgan fingerprint density at radius 2 is 1.34 bits per heavy atom. The van der Waals surface area contributed by atoms with Crippen LogP contribution in [-0.2, 0) is 32.3 Å². The summed E-state index contributed by atoms with van der Waals surface area (Å²) in [6, 6.07) is 32.4. The highest BCUT2D eigenvalue weighted by Crippen LogP contribution is 2.29. The van der Waals surface area contributed by atoms with Crippen molar-refractivity contribution in [1.82, 2.24) is 5.32 Å². The van der Waals surface area contributed by atoms with Gasteiger partial charge in [-0.25, -0.2) is 14.4 Å². The third-order valence-electron chi connectivity index (χ3n) is 6.69. The minimum atomic E-state index is -1.24. The van der Waals surface area contributed by atoms with Gasteiger partial charge >= 0.3 is 23.7 Å². The Bertz CT molecular complexity index is 1790. The summed E-state index contributed by atoms with van der Waals surface area (Å²) in [6.07, 6.45) is -1.13. The SMILES string of the molecule is O=C(CC[C@@H](NC(=O)OCc1ccccc1)C(=O)Oc1ccc2c(-c3ccccc3)cc(=O)oc2c1)OCc1ccccc1. The van der Waals surface area contributed by atoms with Crippen molar-refractivity contribution in [3.63, 3.8) is 0 Å². The molecule has 0 fully saturated rings. The van der Waals surface area contributed by atoms with Crippen LogP contribution in [0.1, 0.15) is 24.0 Å². The van der Waals surface area contributed by atoms with Crippen LogP contribution in [0.2, 0.25) is 0 Å². The molecule has 1 amide bonds. The van der Waals surface area contributed by atoms with Crippen LogP contribution >= 0.6 is 0 Å². The summed E-state index contributed by atoms with van der Waals surface area (Å²) in [6.45, 7) is 0.0651. The highest BCUT2D eigenvalue weighted by molar-refractivity contribution is 5.94. The van der Waals surface area contributed by atoms with E-state index in [1.165, 1.54) is 12.1 Å². The minimum Gasteiger partial charge on any atom is -0.461 e. The third kappa shape index (κ3) is 8.19. The Labute approximate surface area is 253 Å². The topological polar surface area (TPSA) is 121 Å². The van der Waals surface area contributed by atoms with E-state index in [-0.39, 0.29) is 37.4 Å². The molecule has 5 aromatic rings. The first-order valence-corrected chi connectivity index (χ1v) is 14.0. The highest BCUT2D eigenvalue weighted by atomic mass is 16.6. The molecule has 1 heterocycles. The quantitative estimate of drug-likeness (QED) is 0.110. The van der Waals surface area contributed by atoms with E-state index in [2.05, 4.69) is 5.32 Å². The number of alkyl carbamates (subject to hydrolysis) is 1. The van der Waals surface area contributed by atoms with Gasteiger partial charge in [0, 0.05) is 23.9 Å². The molecule has 0 spiro atoms. The molecular weight excluding hydrogens is 562 g/mol. The van der Waals surface area contributed by atoms with Crippen molar-refractivity contribution in [2.75, 3.05) is 0 Å². The van der Waals surface area contributed by atoms with Crippen LogP contribution in [0.4, 0.5) is 4.79 Å². The van der Waals surface area contributed by atoms with Crippen LogP contribution in [0.5, 0.6) is 5.75 Å². The number of hydrogen-bond donors (Lipinski definition) is 1. The van der Waals surface area contributed by atoms with E-state index in [0.29, 0.717) is 10.9 Å². The number of carbonyl (C=O) groups is 3. The van der Waals surface area contributed by atoms with E-state index in [0.717, 1.165) is 16.7 Å². The lowest BCUT2D eigenvalue weighted by Crippen LogP contribution is -2.43. The maximum Gasteiger partial charge on any atom is 0.408 e. The van der Waals surface area contributed by atoms with Crippen LogP contribution in [0.3, 0.4) is 0 Å². The van der Waals surface area contributed by atoms with Gasteiger partial charge in [-0.1, -0.05) is 91.0 Å². The van der Waals surface area contributed by atoms with E-state index < -0.39 is 29.7 Å². The number of esters is 2. The van der Waals surface area contributed by atoms with Gasteiger partial charge in [0.25, 0.3) is 0 Å². The molecule has 5 rings (SSSR count). The van der Waals surface area contributed by atoms with Crippen molar-refractivity contribution in [2.24, 2.45) is 0 Å². The average Bonchev–Trinajstić information content (AvgIpc) is 3.05. The zero-order chi connectivity index (χ0) is 30.7. The van der Waals surface area contributed by atoms with Gasteiger partial charge in [0.05, 0.1) is 0 Å². The molecule has 9 nitrogen and oxygen atoms in total. The maximum atomic E-state index is 13.3. The standard InChI is InChI=1S/C35H29NO8/c37-32(41-22-24-10-4-1-5-11-24)19-18-30(36-35(40)42-23-25-12-6-2-7-13-25)34(39)43-27-16-17-28-29(26-14-8-3-9-15-26)21-33(38)44-31(28)20-27/h1-17,20-21,30H,18-19,22-23H2,(H,36,40)/t30-/m1/s1. The number of amides is 1. The van der Waals surface area contributed by atoms with Crippen LogP contribution in [0, 0.1) is 0 Å². The number of ether oxygens (including phenoxy) is 3. The fourth-order valence-electron chi connectivity index (χ4n) is 4.48. The number of carbonyl (C=O) groups excluding carboxylic acids is 3. The third-order valence-corrected chi connectivity index (χ3v) is 6.69. The predicted octanol–water partition coefficient (Wildman–Crippen LogP) is 6.18. The number of hydrogen-bond acceptors (Lipinski definition) is 8. The fourth-order valence-corrected chi connectivity index (χ4v) is 4.48. The molecule has 0 unspecified atom stereocenters. The van der Waals surface area contributed by atoms with Crippen molar-refractivity contribution >= 4 is 29.0 Å². The molecule has 0 saturated heterocycles. The molecule has 9 heteroatoms. The first-order valence-electron chi connectivity index (χ1n) is 14.0. The molecule has 0 aliphatic carbocycles. The van der Waals surface area contributed by atoms with Crippen molar-refractivity contribution in [2.45, 2.75) is 32.1 Å². The molecule has 0 aliphatic rings. The summed E-state index contributed by atoms with van der Waals surface area (Å²) >= 11 is 0. The van der Waals surface area contributed by atoms with Gasteiger partial charge in [0.2, 0.25) is 0 Å². The van der Waals surface area contributed by atoms with E-state index in [4.69, 9.17) is 18.6 Å². The molecule has 222 valence electrons. The van der Waals surface area contributed by atoms with Crippen LogP contribution in [0.15, 0.2) is 124 Å². The van der Waals surface area contributed by atoms with Gasteiger partial charge in [-0.15, -0.1) is 0 Å². The van der Waals surface area contributed by atoms with Gasteiger partial charge in [-0.2, -0.15) is 0 Å². The Morgan fingerprint density at radius 3 is 2.00 bits per heavy atom.